The van der Waals surface area contributed by atoms with E-state index in [0.29, 0.717) is 0 Å². The second-order valence-corrected chi connectivity index (χ2v) is 5.10. The molecule has 1 aliphatic rings. The first-order valence-electron chi connectivity index (χ1n) is 7.20. The van der Waals surface area contributed by atoms with Gasteiger partial charge < -0.3 is 14.4 Å². The lowest BCUT2D eigenvalue weighted by atomic mass is 9.99. The second kappa shape index (κ2) is 9.86. The zero-order valence-corrected chi connectivity index (χ0v) is 11.6. The van der Waals surface area contributed by atoms with Gasteiger partial charge in [0.05, 0.1) is 6.61 Å². The third-order valence-corrected chi connectivity index (χ3v) is 3.35. The van der Waals surface area contributed by atoms with E-state index < -0.39 is 0 Å². The molecule has 0 aliphatic carbocycles. The fourth-order valence-electron chi connectivity index (χ4n) is 2.09. The van der Waals surface area contributed by atoms with Gasteiger partial charge in [-0.25, -0.2) is 0 Å². The van der Waals surface area contributed by atoms with E-state index in [1.165, 1.54) is 25.9 Å². The number of nitrogens with zero attached hydrogens (tertiary/aromatic N) is 1. The summed E-state index contributed by atoms with van der Waals surface area (Å²) in [5, 5.41) is 0. The maximum atomic E-state index is 5.62. The highest BCUT2D eigenvalue weighted by atomic mass is 16.5. The largest absolute Gasteiger partial charge is 0.381 e. The van der Waals surface area contributed by atoms with Gasteiger partial charge in [0.25, 0.3) is 0 Å². The zero-order valence-electron chi connectivity index (χ0n) is 11.6. The molecule has 0 radical (unpaired) electrons. The summed E-state index contributed by atoms with van der Waals surface area (Å²) >= 11 is 0. The average molecular weight is 243 g/mol. The Bertz CT molecular complexity index is 168. The average Bonchev–Trinajstić information content (AvgIpc) is 2.35. The molecule has 0 atom stereocenters. The molecule has 3 nitrogen and oxygen atoms in total. The summed E-state index contributed by atoms with van der Waals surface area (Å²) in [4.78, 5) is 2.52. The van der Waals surface area contributed by atoms with Crippen molar-refractivity contribution in [2.45, 2.75) is 39.5 Å². The van der Waals surface area contributed by atoms with E-state index in [0.717, 1.165) is 51.7 Å². The minimum Gasteiger partial charge on any atom is -0.381 e. The van der Waals surface area contributed by atoms with Crippen LogP contribution in [0.15, 0.2) is 0 Å². The summed E-state index contributed by atoms with van der Waals surface area (Å²) in [6.07, 6.45) is 4.83. The van der Waals surface area contributed by atoms with Crippen molar-refractivity contribution in [1.29, 1.82) is 0 Å². The van der Waals surface area contributed by atoms with Crippen LogP contribution < -0.4 is 0 Å². The monoisotopic (exact) mass is 243 g/mol. The zero-order chi connectivity index (χ0) is 12.3. The van der Waals surface area contributed by atoms with Crippen molar-refractivity contribution in [3.8, 4) is 0 Å². The van der Waals surface area contributed by atoms with Crippen LogP contribution in [0.25, 0.3) is 0 Å². The Morgan fingerprint density at radius 2 is 1.65 bits per heavy atom. The minimum atomic E-state index is 0.841. The van der Waals surface area contributed by atoms with Gasteiger partial charge in [-0.05, 0) is 44.7 Å². The summed E-state index contributed by atoms with van der Waals surface area (Å²) in [7, 11) is 0. The molecule has 102 valence electrons. The van der Waals surface area contributed by atoms with Crippen molar-refractivity contribution in [1.82, 2.24) is 4.90 Å². The Morgan fingerprint density at radius 3 is 2.29 bits per heavy atom. The molecule has 0 saturated carbocycles. The van der Waals surface area contributed by atoms with Crippen molar-refractivity contribution >= 4 is 0 Å². The number of hydrogen-bond donors (Lipinski definition) is 0. The Balaban J connectivity index is 1.81. The van der Waals surface area contributed by atoms with E-state index in [1.54, 1.807) is 0 Å². The molecule has 0 N–H and O–H groups in total. The predicted molar refractivity (Wildman–Crippen MR) is 71.4 cm³/mol. The molecule has 0 aromatic heterocycles. The molecule has 0 aromatic carbocycles. The first kappa shape index (κ1) is 14.9. The van der Waals surface area contributed by atoms with Crippen molar-refractivity contribution in [2.24, 2.45) is 5.92 Å². The summed E-state index contributed by atoms with van der Waals surface area (Å²) in [6.45, 7) is 11.5. The van der Waals surface area contributed by atoms with E-state index in [1.807, 2.05) is 0 Å². The molecule has 1 aliphatic heterocycles. The third-order valence-electron chi connectivity index (χ3n) is 3.35. The fourth-order valence-corrected chi connectivity index (χ4v) is 2.09. The molecule has 1 heterocycles. The van der Waals surface area contributed by atoms with Crippen molar-refractivity contribution in [3.05, 3.63) is 0 Å². The molecule has 0 bridgehead atoms. The van der Waals surface area contributed by atoms with E-state index >= 15 is 0 Å². The topological polar surface area (TPSA) is 21.7 Å². The molecular weight excluding hydrogens is 214 g/mol. The van der Waals surface area contributed by atoms with Gasteiger partial charge in [-0.15, -0.1) is 0 Å². The van der Waals surface area contributed by atoms with E-state index in [4.69, 9.17) is 9.47 Å². The number of ether oxygens (including phenoxy) is 2. The number of piperidine rings is 1. The highest BCUT2D eigenvalue weighted by Gasteiger charge is 2.14. The molecule has 0 unspecified atom stereocenters. The molecule has 1 fully saturated rings. The number of rotatable bonds is 9. The first-order chi connectivity index (χ1) is 8.33. The summed E-state index contributed by atoms with van der Waals surface area (Å²) in [5.74, 6) is 0.919. The Morgan fingerprint density at radius 1 is 1.00 bits per heavy atom. The molecule has 3 heteroatoms. The van der Waals surface area contributed by atoms with Gasteiger partial charge in [-0.3, -0.25) is 0 Å². The molecule has 0 amide bonds. The van der Waals surface area contributed by atoms with Gasteiger partial charge in [0.2, 0.25) is 0 Å². The maximum Gasteiger partial charge on any atom is 0.0593 e. The van der Waals surface area contributed by atoms with Crippen LogP contribution in [0.2, 0.25) is 0 Å². The van der Waals surface area contributed by atoms with Gasteiger partial charge in [0.1, 0.15) is 0 Å². The van der Waals surface area contributed by atoms with Crippen molar-refractivity contribution < 1.29 is 9.47 Å². The lowest BCUT2D eigenvalue weighted by molar-refractivity contribution is 0.0648. The van der Waals surface area contributed by atoms with E-state index in [9.17, 15) is 0 Å². The Kier molecular flexibility index (Phi) is 8.67. The quantitative estimate of drug-likeness (QED) is 0.581. The fraction of sp³-hybridized carbons (Fsp3) is 1.00. The summed E-state index contributed by atoms with van der Waals surface area (Å²) in [5.41, 5.74) is 0. The minimum absolute atomic E-state index is 0.841. The third kappa shape index (κ3) is 7.74. The van der Waals surface area contributed by atoms with Crippen LogP contribution in [0.1, 0.15) is 39.5 Å². The Labute approximate surface area is 106 Å². The van der Waals surface area contributed by atoms with Crippen LogP contribution in [0.5, 0.6) is 0 Å². The van der Waals surface area contributed by atoms with Crippen LogP contribution in [0.3, 0.4) is 0 Å². The van der Waals surface area contributed by atoms with Gasteiger partial charge in [-0.1, -0.05) is 13.8 Å². The normalized spacial score (nSPS) is 18.7. The smallest absolute Gasteiger partial charge is 0.0593 e. The molecule has 0 spiro atoms. The van der Waals surface area contributed by atoms with Crippen LogP contribution in [0, 0.1) is 5.92 Å². The van der Waals surface area contributed by atoms with Gasteiger partial charge >= 0.3 is 0 Å². The van der Waals surface area contributed by atoms with Gasteiger partial charge in [0, 0.05) is 26.4 Å². The predicted octanol–water partition coefficient (Wildman–Crippen LogP) is 2.55. The first-order valence-corrected chi connectivity index (χ1v) is 7.20. The summed E-state index contributed by atoms with van der Waals surface area (Å²) in [6, 6.07) is 0. The van der Waals surface area contributed by atoms with E-state index in [-0.39, 0.29) is 0 Å². The lowest BCUT2D eigenvalue weighted by Gasteiger charge is -2.29. The molecule has 1 saturated heterocycles. The lowest BCUT2D eigenvalue weighted by Crippen LogP contribution is -2.35. The van der Waals surface area contributed by atoms with Crippen LogP contribution in [-0.4, -0.2) is 51.0 Å². The van der Waals surface area contributed by atoms with E-state index in [2.05, 4.69) is 18.7 Å². The molecular formula is C14H29NO2. The highest BCUT2D eigenvalue weighted by molar-refractivity contribution is 4.68. The van der Waals surface area contributed by atoms with Crippen LogP contribution in [0.4, 0.5) is 0 Å². The van der Waals surface area contributed by atoms with Crippen molar-refractivity contribution in [2.75, 3.05) is 46.1 Å². The standard InChI is InChI=1S/C14H29NO2/c1-3-10-16-11-4-12-17-13-9-15-7-5-14(2)6-8-15/h14H,3-13H2,1-2H3. The molecule has 1 rings (SSSR count). The molecule has 0 aromatic rings. The SMILES string of the molecule is CCCOCCCOCCN1CCC(C)CC1. The maximum absolute atomic E-state index is 5.62. The highest BCUT2D eigenvalue weighted by Crippen LogP contribution is 2.15. The van der Waals surface area contributed by atoms with Crippen LogP contribution in [-0.2, 0) is 9.47 Å². The van der Waals surface area contributed by atoms with Crippen LogP contribution >= 0.6 is 0 Å². The summed E-state index contributed by atoms with van der Waals surface area (Å²) < 4.78 is 11.0. The van der Waals surface area contributed by atoms with Gasteiger partial charge in [-0.2, -0.15) is 0 Å². The second-order valence-electron chi connectivity index (χ2n) is 5.10. The Hall–Kier alpha value is -0.120. The van der Waals surface area contributed by atoms with Gasteiger partial charge in [0.15, 0.2) is 0 Å². The van der Waals surface area contributed by atoms with Crippen molar-refractivity contribution in [3.63, 3.8) is 0 Å². The number of hydrogen-bond acceptors (Lipinski definition) is 3. The molecule has 17 heavy (non-hydrogen) atoms. The number of likely N-dealkylation sites (tertiary alicyclic amines) is 1.